The van der Waals surface area contributed by atoms with E-state index in [4.69, 9.17) is 4.74 Å². The first-order chi connectivity index (χ1) is 13.7. The van der Waals surface area contributed by atoms with Gasteiger partial charge in [0.15, 0.2) is 5.96 Å². The van der Waals surface area contributed by atoms with Crippen molar-refractivity contribution in [3.63, 3.8) is 0 Å². The lowest BCUT2D eigenvalue weighted by Crippen LogP contribution is -2.36. The van der Waals surface area contributed by atoms with E-state index in [2.05, 4.69) is 20.7 Å². The molecule has 0 aliphatic carbocycles. The Kier molecular flexibility index (Phi) is 8.66. The van der Waals surface area contributed by atoms with Crippen LogP contribution in [0.1, 0.15) is 21.6 Å². The number of nitrogens with one attached hydrogen (secondary N) is 2. The Balaban J connectivity index is 0.00000300. The molecule has 0 bridgehead atoms. The lowest BCUT2D eigenvalue weighted by molar-refractivity contribution is 0.0600. The van der Waals surface area contributed by atoms with Gasteiger partial charge in [-0.15, -0.1) is 24.0 Å². The van der Waals surface area contributed by atoms with Gasteiger partial charge in [-0.1, -0.05) is 30.3 Å². The number of hydrogen-bond acceptors (Lipinski definition) is 4. The minimum atomic E-state index is -0.341. The molecule has 0 fully saturated rings. The third-order valence-corrected chi connectivity index (χ3v) is 4.16. The maximum absolute atomic E-state index is 11.5. The van der Waals surface area contributed by atoms with Gasteiger partial charge >= 0.3 is 5.97 Å². The van der Waals surface area contributed by atoms with Crippen molar-refractivity contribution in [3.8, 4) is 5.69 Å². The Morgan fingerprint density at radius 2 is 1.72 bits per heavy atom. The summed E-state index contributed by atoms with van der Waals surface area (Å²) in [4.78, 5) is 15.7. The second-order valence-electron chi connectivity index (χ2n) is 6.06. The molecule has 0 saturated heterocycles. The van der Waals surface area contributed by atoms with Crippen LogP contribution in [-0.4, -0.2) is 35.9 Å². The highest BCUT2D eigenvalue weighted by atomic mass is 127. The quantitative estimate of drug-likeness (QED) is 0.233. The summed E-state index contributed by atoms with van der Waals surface area (Å²) in [5, 5.41) is 11.1. The topological polar surface area (TPSA) is 80.5 Å². The van der Waals surface area contributed by atoms with E-state index in [1.165, 1.54) is 7.11 Å². The molecule has 0 aliphatic rings. The number of hydrogen-bond donors (Lipinski definition) is 2. The van der Waals surface area contributed by atoms with E-state index >= 15 is 0 Å². The minimum absolute atomic E-state index is 0. The standard InChI is InChI=1S/C21H23N5O2.HI/c1-22-21(23-14-16-8-10-17(11-9-16)20(27)28-2)24-15-18-12-13-26(25-18)19-6-4-3-5-7-19;/h3-13H,14-15H2,1-2H3,(H2,22,23,24);1H. The zero-order chi connectivity index (χ0) is 19.8. The highest BCUT2D eigenvalue weighted by Gasteiger charge is 2.06. The van der Waals surface area contributed by atoms with Crippen LogP contribution in [0.5, 0.6) is 0 Å². The number of aliphatic imine (C=N–C) groups is 1. The Bertz CT molecular complexity index is 939. The molecule has 0 atom stereocenters. The van der Waals surface area contributed by atoms with Crippen LogP contribution in [0.3, 0.4) is 0 Å². The van der Waals surface area contributed by atoms with Crippen molar-refractivity contribution < 1.29 is 9.53 Å². The van der Waals surface area contributed by atoms with Gasteiger partial charge in [0, 0.05) is 19.8 Å². The lowest BCUT2D eigenvalue weighted by Gasteiger charge is -2.11. The molecule has 0 saturated carbocycles. The molecule has 3 aromatic rings. The second kappa shape index (κ2) is 11.2. The Hall–Kier alpha value is -2.88. The molecule has 7 nitrogen and oxygen atoms in total. The number of halogens is 1. The molecule has 8 heteroatoms. The number of ether oxygens (including phenoxy) is 1. The number of guanidine groups is 1. The van der Waals surface area contributed by atoms with Gasteiger partial charge in [0.2, 0.25) is 0 Å². The van der Waals surface area contributed by atoms with Gasteiger partial charge in [-0.05, 0) is 35.9 Å². The Morgan fingerprint density at radius 1 is 1.03 bits per heavy atom. The van der Waals surface area contributed by atoms with Gasteiger partial charge in [-0.25, -0.2) is 9.48 Å². The van der Waals surface area contributed by atoms with Gasteiger partial charge in [0.1, 0.15) is 0 Å². The molecule has 2 N–H and O–H groups in total. The monoisotopic (exact) mass is 505 g/mol. The first-order valence-electron chi connectivity index (χ1n) is 8.91. The molecular formula is C21H24IN5O2. The van der Waals surface area contributed by atoms with Crippen LogP contribution in [0.15, 0.2) is 71.9 Å². The van der Waals surface area contributed by atoms with Gasteiger partial charge in [-0.3, -0.25) is 4.99 Å². The fraction of sp³-hybridized carbons (Fsp3) is 0.190. The van der Waals surface area contributed by atoms with E-state index in [0.29, 0.717) is 24.6 Å². The van der Waals surface area contributed by atoms with Gasteiger partial charge < -0.3 is 15.4 Å². The molecular weight excluding hydrogens is 481 g/mol. The predicted octanol–water partition coefficient (Wildman–Crippen LogP) is 3.14. The summed E-state index contributed by atoms with van der Waals surface area (Å²) >= 11 is 0. The number of nitrogens with zero attached hydrogens (tertiary/aromatic N) is 3. The molecule has 3 rings (SSSR count). The maximum Gasteiger partial charge on any atom is 0.337 e. The third kappa shape index (κ3) is 6.31. The van der Waals surface area contributed by atoms with Gasteiger partial charge in [0.25, 0.3) is 0 Å². The molecule has 0 unspecified atom stereocenters. The number of benzene rings is 2. The smallest absolute Gasteiger partial charge is 0.337 e. The normalized spacial score (nSPS) is 10.8. The third-order valence-electron chi connectivity index (χ3n) is 4.16. The van der Waals surface area contributed by atoms with Crippen LogP contribution < -0.4 is 10.6 Å². The number of methoxy groups -OCH3 is 1. The fourth-order valence-electron chi connectivity index (χ4n) is 2.64. The number of carbonyl (C=O) groups excluding carboxylic acids is 1. The van der Waals surface area contributed by atoms with E-state index in [-0.39, 0.29) is 29.9 Å². The number of esters is 1. The largest absolute Gasteiger partial charge is 0.465 e. The molecule has 0 radical (unpaired) electrons. The van der Waals surface area contributed by atoms with Crippen molar-refractivity contribution in [3.05, 3.63) is 83.7 Å². The highest BCUT2D eigenvalue weighted by molar-refractivity contribution is 14.0. The second-order valence-corrected chi connectivity index (χ2v) is 6.06. The predicted molar refractivity (Wildman–Crippen MR) is 124 cm³/mol. The van der Waals surface area contributed by atoms with Crippen LogP contribution in [0.4, 0.5) is 0 Å². The summed E-state index contributed by atoms with van der Waals surface area (Å²) < 4.78 is 6.55. The summed E-state index contributed by atoms with van der Waals surface area (Å²) in [6.07, 6.45) is 1.94. The molecule has 1 heterocycles. The molecule has 29 heavy (non-hydrogen) atoms. The number of aromatic nitrogens is 2. The lowest BCUT2D eigenvalue weighted by atomic mass is 10.1. The zero-order valence-electron chi connectivity index (χ0n) is 16.3. The van der Waals surface area contributed by atoms with Crippen LogP contribution in [0, 0.1) is 0 Å². The summed E-state index contributed by atoms with van der Waals surface area (Å²) in [5.74, 6) is 0.332. The van der Waals surface area contributed by atoms with Crippen LogP contribution in [0.2, 0.25) is 0 Å². The molecule has 0 spiro atoms. The van der Waals surface area contributed by atoms with E-state index in [9.17, 15) is 4.79 Å². The van der Waals surface area contributed by atoms with E-state index in [0.717, 1.165) is 16.9 Å². The van der Waals surface area contributed by atoms with Crippen molar-refractivity contribution >= 4 is 35.9 Å². The van der Waals surface area contributed by atoms with Crippen molar-refractivity contribution in [2.45, 2.75) is 13.1 Å². The van der Waals surface area contributed by atoms with E-state index < -0.39 is 0 Å². The molecule has 2 aromatic carbocycles. The maximum atomic E-state index is 11.5. The van der Waals surface area contributed by atoms with Crippen molar-refractivity contribution in [1.82, 2.24) is 20.4 Å². The Labute approximate surface area is 187 Å². The van der Waals surface area contributed by atoms with Crippen molar-refractivity contribution in [2.24, 2.45) is 4.99 Å². The first kappa shape index (κ1) is 22.4. The molecule has 1 aromatic heterocycles. The zero-order valence-corrected chi connectivity index (χ0v) is 18.7. The number of para-hydroxylation sites is 1. The van der Waals surface area contributed by atoms with Gasteiger partial charge in [-0.2, -0.15) is 5.10 Å². The van der Waals surface area contributed by atoms with Crippen LogP contribution in [0.25, 0.3) is 5.69 Å². The summed E-state index contributed by atoms with van der Waals surface area (Å²) in [6, 6.07) is 19.2. The summed E-state index contributed by atoms with van der Waals surface area (Å²) in [6.45, 7) is 1.14. The summed E-state index contributed by atoms with van der Waals surface area (Å²) in [5.41, 5.74) is 3.49. The number of carbonyl (C=O) groups is 1. The Morgan fingerprint density at radius 3 is 2.38 bits per heavy atom. The van der Waals surface area contributed by atoms with Crippen molar-refractivity contribution in [2.75, 3.05) is 14.2 Å². The summed E-state index contributed by atoms with van der Waals surface area (Å²) in [7, 11) is 3.09. The van der Waals surface area contributed by atoms with Crippen LogP contribution in [-0.2, 0) is 17.8 Å². The average molecular weight is 505 g/mol. The SMILES string of the molecule is CN=C(NCc1ccc(C(=O)OC)cc1)NCc1ccn(-c2ccccc2)n1.I. The average Bonchev–Trinajstić information content (AvgIpc) is 3.23. The van der Waals surface area contributed by atoms with E-state index in [1.807, 2.05) is 59.4 Å². The highest BCUT2D eigenvalue weighted by Crippen LogP contribution is 2.07. The van der Waals surface area contributed by atoms with Gasteiger partial charge in [0.05, 0.1) is 30.6 Å². The first-order valence-corrected chi connectivity index (χ1v) is 8.91. The van der Waals surface area contributed by atoms with E-state index in [1.54, 1.807) is 19.2 Å². The van der Waals surface area contributed by atoms with Crippen molar-refractivity contribution in [1.29, 1.82) is 0 Å². The fourth-order valence-corrected chi connectivity index (χ4v) is 2.64. The molecule has 152 valence electrons. The number of rotatable bonds is 6. The van der Waals surface area contributed by atoms with Crippen LogP contribution >= 0.6 is 24.0 Å². The molecule has 0 amide bonds. The minimum Gasteiger partial charge on any atom is -0.465 e. The molecule has 0 aliphatic heterocycles.